The lowest BCUT2D eigenvalue weighted by atomic mass is 9.62. The van der Waals surface area contributed by atoms with Crippen molar-refractivity contribution in [2.24, 2.45) is 5.92 Å². The van der Waals surface area contributed by atoms with Crippen molar-refractivity contribution in [2.45, 2.75) is 17.5 Å². The van der Waals surface area contributed by atoms with Gasteiger partial charge in [0.1, 0.15) is 28.7 Å². The number of rotatable bonds is 7. The number of nitrogens with one attached hydrogen (secondary N) is 1. The summed E-state index contributed by atoms with van der Waals surface area (Å²) in [4.78, 5) is 46.6. The summed E-state index contributed by atoms with van der Waals surface area (Å²) < 4.78 is 16.7. The van der Waals surface area contributed by atoms with E-state index < -0.39 is 23.4 Å². The number of hydrogen-bond acceptors (Lipinski definition) is 7. The van der Waals surface area contributed by atoms with Crippen molar-refractivity contribution < 1.29 is 28.6 Å². The Balaban J connectivity index is 1.54. The zero-order valence-electron chi connectivity index (χ0n) is 24.4. The summed E-state index contributed by atoms with van der Waals surface area (Å²) in [6, 6.07) is 25.4. The molecule has 1 spiro atoms. The molecule has 3 heterocycles. The number of ether oxygens (including phenoxy) is 3. The highest BCUT2D eigenvalue weighted by Crippen LogP contribution is 2.62. The van der Waals surface area contributed by atoms with Gasteiger partial charge >= 0.3 is 0 Å². The molecule has 0 saturated carbocycles. The molecule has 1 saturated heterocycles. The average molecular weight is 587 g/mol. The molecule has 8 heteroatoms. The second-order valence-electron chi connectivity index (χ2n) is 11.1. The fourth-order valence-electron chi connectivity index (χ4n) is 7.34. The zero-order valence-corrected chi connectivity index (χ0v) is 24.4. The van der Waals surface area contributed by atoms with Gasteiger partial charge in [-0.05, 0) is 53.1 Å². The highest BCUT2D eigenvalue weighted by molar-refractivity contribution is 6.17. The van der Waals surface area contributed by atoms with Crippen molar-refractivity contribution in [3.8, 4) is 17.2 Å². The summed E-state index contributed by atoms with van der Waals surface area (Å²) in [5, 5.41) is 3.07. The molecular formula is C36H30N2O6. The lowest BCUT2D eigenvalue weighted by Gasteiger charge is -2.38. The fourth-order valence-corrected chi connectivity index (χ4v) is 7.34. The number of amides is 1. The van der Waals surface area contributed by atoms with Crippen LogP contribution in [0.25, 0.3) is 6.08 Å². The number of methoxy groups -OCH3 is 3. The van der Waals surface area contributed by atoms with Gasteiger partial charge in [-0.1, -0.05) is 54.6 Å². The molecular weight excluding hydrogens is 556 g/mol. The van der Waals surface area contributed by atoms with Crippen molar-refractivity contribution in [1.82, 2.24) is 4.90 Å². The quantitative estimate of drug-likeness (QED) is 0.278. The first kappa shape index (κ1) is 27.5. The van der Waals surface area contributed by atoms with Crippen molar-refractivity contribution in [3.63, 3.8) is 0 Å². The van der Waals surface area contributed by atoms with Crippen LogP contribution in [0.4, 0.5) is 5.69 Å². The molecule has 1 N–H and O–H groups in total. The van der Waals surface area contributed by atoms with Crippen molar-refractivity contribution in [1.29, 1.82) is 0 Å². The van der Waals surface area contributed by atoms with Gasteiger partial charge in [0.15, 0.2) is 11.6 Å². The molecule has 0 aliphatic carbocycles. The van der Waals surface area contributed by atoms with E-state index in [4.69, 9.17) is 14.2 Å². The first-order valence-corrected chi connectivity index (χ1v) is 14.3. The minimum absolute atomic E-state index is 0.283. The first-order chi connectivity index (χ1) is 21.4. The van der Waals surface area contributed by atoms with Gasteiger partial charge in [-0.15, -0.1) is 0 Å². The third-order valence-corrected chi connectivity index (χ3v) is 9.17. The molecule has 0 radical (unpaired) electrons. The Morgan fingerprint density at radius 1 is 0.773 bits per heavy atom. The molecule has 8 nitrogen and oxygen atoms in total. The summed E-state index contributed by atoms with van der Waals surface area (Å²) in [7, 11) is 4.52. The largest absolute Gasteiger partial charge is 0.497 e. The molecule has 4 aromatic rings. The van der Waals surface area contributed by atoms with E-state index in [9.17, 15) is 9.59 Å². The molecule has 3 aliphatic rings. The van der Waals surface area contributed by atoms with E-state index in [1.165, 1.54) is 21.3 Å². The number of anilines is 1. The second kappa shape index (κ2) is 10.4. The molecule has 3 aliphatic heterocycles. The third kappa shape index (κ3) is 3.73. The van der Waals surface area contributed by atoms with E-state index in [1.54, 1.807) is 42.5 Å². The predicted molar refractivity (Wildman–Crippen MR) is 165 cm³/mol. The summed E-state index contributed by atoms with van der Waals surface area (Å²) >= 11 is 0. The van der Waals surface area contributed by atoms with Crippen LogP contribution in [0.15, 0.2) is 97.2 Å². The molecule has 0 unspecified atom stereocenters. The van der Waals surface area contributed by atoms with Gasteiger partial charge in [0.2, 0.25) is 5.91 Å². The Kier molecular flexibility index (Phi) is 6.50. The predicted octanol–water partition coefficient (Wildman–Crippen LogP) is 5.69. The van der Waals surface area contributed by atoms with Gasteiger partial charge < -0.3 is 24.4 Å². The van der Waals surface area contributed by atoms with E-state index in [0.29, 0.717) is 34.1 Å². The van der Waals surface area contributed by atoms with Crippen LogP contribution in [0.2, 0.25) is 0 Å². The van der Waals surface area contributed by atoms with Crippen LogP contribution < -0.4 is 19.5 Å². The van der Waals surface area contributed by atoms with Gasteiger partial charge in [-0.3, -0.25) is 14.4 Å². The van der Waals surface area contributed by atoms with E-state index in [-0.39, 0.29) is 23.0 Å². The van der Waals surface area contributed by atoms with Crippen molar-refractivity contribution in [2.75, 3.05) is 26.6 Å². The number of fused-ring (bicyclic) bond motifs is 6. The molecule has 220 valence electrons. The highest BCUT2D eigenvalue weighted by atomic mass is 16.5. The van der Waals surface area contributed by atoms with Gasteiger partial charge in [0.25, 0.3) is 0 Å². The molecule has 4 aromatic carbocycles. The molecule has 0 aromatic heterocycles. The van der Waals surface area contributed by atoms with Crippen LogP contribution >= 0.6 is 0 Å². The molecule has 1 amide bonds. The highest BCUT2D eigenvalue weighted by Gasteiger charge is 2.71. The maximum absolute atomic E-state index is 15.1. The number of carbonyl (C=O) groups is 3. The molecule has 7 rings (SSSR count). The lowest BCUT2D eigenvalue weighted by molar-refractivity contribution is -0.122. The van der Waals surface area contributed by atoms with Crippen LogP contribution in [0.3, 0.4) is 0 Å². The van der Waals surface area contributed by atoms with Crippen LogP contribution in [0, 0.1) is 5.92 Å². The topological polar surface area (TPSA) is 94.2 Å². The fraction of sp³-hybridized carbons (Fsp3) is 0.194. The Labute approximate surface area is 254 Å². The molecule has 0 bridgehead atoms. The Bertz CT molecular complexity index is 1870. The summed E-state index contributed by atoms with van der Waals surface area (Å²) in [6.07, 6.45) is 3.77. The van der Waals surface area contributed by atoms with E-state index >= 15 is 4.79 Å². The van der Waals surface area contributed by atoms with Crippen molar-refractivity contribution in [3.05, 3.63) is 125 Å². The van der Waals surface area contributed by atoms with Crippen LogP contribution in [-0.4, -0.2) is 49.7 Å². The lowest BCUT2D eigenvalue weighted by Crippen LogP contribution is -2.49. The summed E-state index contributed by atoms with van der Waals surface area (Å²) in [5.74, 6) is -0.967. The number of hydrogen-bond donors (Lipinski definition) is 1. The maximum Gasteiger partial charge on any atom is 0.238 e. The third-order valence-electron chi connectivity index (χ3n) is 9.17. The number of nitrogens with zero attached hydrogens (tertiary/aromatic N) is 1. The number of Topliss-reactive ketones (excluding diaryl/α,β-unsaturated/α-hetero) is 2. The van der Waals surface area contributed by atoms with Crippen LogP contribution in [0.5, 0.6) is 17.2 Å². The minimum atomic E-state index is -1.45. The van der Waals surface area contributed by atoms with Gasteiger partial charge in [-0.25, -0.2) is 0 Å². The van der Waals surface area contributed by atoms with E-state index in [1.807, 2.05) is 65.7 Å². The Hall–Kier alpha value is -5.37. The van der Waals surface area contributed by atoms with Crippen LogP contribution in [0.1, 0.15) is 43.4 Å². The minimum Gasteiger partial charge on any atom is -0.497 e. The first-order valence-electron chi connectivity index (χ1n) is 14.3. The Morgan fingerprint density at radius 3 is 2.27 bits per heavy atom. The van der Waals surface area contributed by atoms with Gasteiger partial charge in [0.05, 0.1) is 44.4 Å². The van der Waals surface area contributed by atoms with Crippen LogP contribution in [-0.2, 0) is 10.2 Å². The maximum atomic E-state index is 15.1. The zero-order chi connectivity index (χ0) is 30.6. The Morgan fingerprint density at radius 2 is 1.48 bits per heavy atom. The number of para-hydroxylation sites is 2. The standard InChI is InChI=1S/C36H30N2O6/c1-42-22-16-17-25(29(20-22)44-3)33(40)31-30(32(39)24-12-6-9-15-28(24)43-2)36(26-13-7-8-14-27(26)37-35(36)41)34-23-11-5-4-10-21(23)18-19-38(31)34/h4-20,30-31,34H,1-3H3,(H,37,41)/t30-,31+,34+,36-/m0/s1. The molecule has 4 atom stereocenters. The smallest absolute Gasteiger partial charge is 0.238 e. The van der Waals surface area contributed by atoms with Gasteiger partial charge in [0, 0.05) is 18.0 Å². The van der Waals surface area contributed by atoms with Gasteiger partial charge in [-0.2, -0.15) is 0 Å². The van der Waals surface area contributed by atoms with Crippen molar-refractivity contribution >= 4 is 29.2 Å². The molecule has 1 fully saturated rings. The summed E-state index contributed by atoms with van der Waals surface area (Å²) in [5.41, 5.74) is 2.21. The monoisotopic (exact) mass is 586 g/mol. The number of benzene rings is 4. The van der Waals surface area contributed by atoms with E-state index in [2.05, 4.69) is 5.32 Å². The normalized spacial score (nSPS) is 22.6. The molecule has 44 heavy (non-hydrogen) atoms. The average Bonchev–Trinajstić information content (AvgIpc) is 3.55. The summed E-state index contributed by atoms with van der Waals surface area (Å²) in [6.45, 7) is 0. The number of carbonyl (C=O) groups excluding carboxylic acids is 3. The SMILES string of the molecule is COc1ccc(C(=O)[C@H]2[C@@H](C(=O)c3ccccc3OC)[C@]3(C(=O)Nc4ccccc43)[C@H]3c4ccccc4C=CN23)c(OC)c1. The second-order valence-corrected chi connectivity index (χ2v) is 11.1. The number of ketones is 2. The van der Waals surface area contributed by atoms with E-state index in [0.717, 1.165) is 11.1 Å².